The van der Waals surface area contributed by atoms with Crippen molar-refractivity contribution in [1.29, 1.82) is 0 Å². The van der Waals surface area contributed by atoms with Crippen molar-refractivity contribution in [3.63, 3.8) is 0 Å². The van der Waals surface area contributed by atoms with E-state index in [0.29, 0.717) is 28.8 Å². The van der Waals surface area contributed by atoms with Gasteiger partial charge >= 0.3 is 0 Å². The second-order valence-corrected chi connectivity index (χ2v) is 10.4. The summed E-state index contributed by atoms with van der Waals surface area (Å²) in [6, 6.07) is 11.4. The molecule has 1 N–H and O–H groups in total. The Morgan fingerprint density at radius 1 is 1.22 bits per heavy atom. The van der Waals surface area contributed by atoms with Gasteiger partial charge in [-0.25, -0.2) is 8.42 Å². The number of rotatable bonds is 7. The molecule has 0 spiro atoms. The maximum Gasteiger partial charge on any atom is 0.225 e. The molecule has 0 unspecified atom stereocenters. The van der Waals surface area contributed by atoms with Crippen LogP contribution in [0.4, 0.5) is 5.69 Å². The van der Waals surface area contributed by atoms with E-state index < -0.39 is 9.84 Å². The predicted molar refractivity (Wildman–Crippen MR) is 125 cm³/mol. The first kappa shape index (κ1) is 22.4. The summed E-state index contributed by atoms with van der Waals surface area (Å²) in [5.74, 6) is 0.538. The van der Waals surface area contributed by atoms with Gasteiger partial charge in [-0.1, -0.05) is 30.3 Å². The number of benzene rings is 2. The summed E-state index contributed by atoms with van der Waals surface area (Å²) in [7, 11) is -2.29. The third kappa shape index (κ3) is 4.13. The fourth-order valence-corrected chi connectivity index (χ4v) is 6.61. The van der Waals surface area contributed by atoms with Crippen LogP contribution in [-0.2, 0) is 14.6 Å². The molecule has 1 amide bonds. The third-order valence-corrected chi connectivity index (χ3v) is 8.41. The zero-order valence-electron chi connectivity index (χ0n) is 17.1. The van der Waals surface area contributed by atoms with Gasteiger partial charge in [-0.3, -0.25) is 4.79 Å². The van der Waals surface area contributed by atoms with E-state index in [1.54, 1.807) is 24.6 Å². The topological polar surface area (TPSA) is 81.7 Å². The average molecular weight is 490 g/mol. The molecule has 1 aliphatic rings. The lowest BCUT2D eigenvalue weighted by Gasteiger charge is -2.24. The Labute approximate surface area is 195 Å². The van der Waals surface area contributed by atoms with Gasteiger partial charge in [-0.05, 0) is 42.0 Å². The summed E-state index contributed by atoms with van der Waals surface area (Å²) >= 11 is 7.21. The fourth-order valence-electron chi connectivity index (χ4n) is 3.58. The molecular formula is C23H20ClNO5S2. The molecular weight excluding hydrogens is 470 g/mol. The van der Waals surface area contributed by atoms with E-state index in [-0.39, 0.29) is 28.0 Å². The quantitative estimate of drug-likeness (QED) is 0.456. The van der Waals surface area contributed by atoms with Crippen molar-refractivity contribution in [2.45, 2.75) is 22.1 Å². The van der Waals surface area contributed by atoms with Crippen molar-refractivity contribution < 1.29 is 22.7 Å². The normalized spacial score (nSPS) is 15.6. The molecule has 1 aromatic heterocycles. The van der Waals surface area contributed by atoms with Gasteiger partial charge in [0.2, 0.25) is 15.7 Å². The minimum Gasteiger partial charge on any atom is -0.493 e. The number of sulfone groups is 1. The van der Waals surface area contributed by atoms with E-state index in [1.807, 2.05) is 12.1 Å². The Bertz CT molecular complexity index is 1280. The summed E-state index contributed by atoms with van der Waals surface area (Å²) in [6.45, 7) is 3.98. The zero-order valence-corrected chi connectivity index (χ0v) is 19.5. The third-order valence-electron chi connectivity index (χ3n) is 5.12. The van der Waals surface area contributed by atoms with Gasteiger partial charge in [0.25, 0.3) is 0 Å². The molecule has 1 atom stereocenters. The lowest BCUT2D eigenvalue weighted by atomic mass is 9.90. The van der Waals surface area contributed by atoms with Crippen molar-refractivity contribution in [3.05, 3.63) is 76.0 Å². The molecule has 0 aliphatic carbocycles. The zero-order chi connectivity index (χ0) is 22.9. The van der Waals surface area contributed by atoms with Crippen LogP contribution in [-0.4, -0.2) is 28.0 Å². The highest BCUT2D eigenvalue weighted by atomic mass is 35.5. The molecule has 166 valence electrons. The molecule has 1 aliphatic heterocycles. The smallest absolute Gasteiger partial charge is 0.225 e. The minimum atomic E-state index is -3.83. The number of hydrogen-bond acceptors (Lipinski definition) is 6. The number of nitrogens with one attached hydrogen (secondary N) is 1. The second-order valence-electron chi connectivity index (χ2n) is 7.11. The number of carbonyl (C=O) groups is 1. The van der Waals surface area contributed by atoms with E-state index in [2.05, 4.69) is 11.9 Å². The number of anilines is 1. The van der Waals surface area contributed by atoms with Gasteiger partial charge in [0, 0.05) is 27.6 Å². The summed E-state index contributed by atoms with van der Waals surface area (Å²) in [5, 5.41) is 4.78. The van der Waals surface area contributed by atoms with E-state index in [0.717, 1.165) is 10.4 Å². The number of halogens is 1. The van der Waals surface area contributed by atoms with Gasteiger partial charge in [0.15, 0.2) is 11.5 Å². The molecule has 4 rings (SSSR count). The summed E-state index contributed by atoms with van der Waals surface area (Å²) < 4.78 is 37.5. The van der Waals surface area contributed by atoms with Crippen molar-refractivity contribution >= 4 is 44.4 Å². The molecule has 6 nitrogen and oxygen atoms in total. The first-order valence-corrected chi connectivity index (χ1v) is 12.4. The maximum atomic E-state index is 13.2. The molecule has 0 saturated heterocycles. The van der Waals surface area contributed by atoms with Crippen molar-refractivity contribution in [1.82, 2.24) is 0 Å². The lowest BCUT2D eigenvalue weighted by molar-refractivity contribution is -0.116. The van der Waals surface area contributed by atoms with Crippen LogP contribution < -0.4 is 14.8 Å². The predicted octanol–water partition coefficient (Wildman–Crippen LogP) is 5.28. The molecule has 0 fully saturated rings. The average Bonchev–Trinajstić information content (AvgIpc) is 3.22. The van der Waals surface area contributed by atoms with Gasteiger partial charge in [-0.15, -0.1) is 11.3 Å². The Balaban J connectivity index is 1.76. The number of thiophene rings is 1. The Kier molecular flexibility index (Phi) is 6.28. The van der Waals surface area contributed by atoms with Crippen molar-refractivity contribution in [2.75, 3.05) is 19.0 Å². The van der Waals surface area contributed by atoms with E-state index in [9.17, 15) is 13.2 Å². The van der Waals surface area contributed by atoms with E-state index in [4.69, 9.17) is 21.1 Å². The van der Waals surface area contributed by atoms with Crippen LogP contribution in [0.1, 0.15) is 22.8 Å². The molecule has 2 heterocycles. The fraction of sp³-hybridized carbons (Fsp3) is 0.174. The number of fused-ring (bicyclic) bond motifs is 1. The first-order chi connectivity index (χ1) is 15.3. The van der Waals surface area contributed by atoms with Gasteiger partial charge in [-0.2, -0.15) is 0 Å². The molecule has 0 saturated carbocycles. The Morgan fingerprint density at radius 2 is 1.97 bits per heavy atom. The number of carbonyl (C=O) groups excluding carboxylic acids is 1. The largest absolute Gasteiger partial charge is 0.493 e. The van der Waals surface area contributed by atoms with Crippen LogP contribution in [0.25, 0.3) is 0 Å². The molecule has 32 heavy (non-hydrogen) atoms. The highest BCUT2D eigenvalue weighted by Crippen LogP contribution is 2.47. The number of methoxy groups -OCH3 is 1. The lowest BCUT2D eigenvalue weighted by Crippen LogP contribution is -2.23. The summed E-state index contributed by atoms with van der Waals surface area (Å²) in [6.07, 6.45) is 1.84. The number of hydrogen-bond donors (Lipinski definition) is 1. The molecule has 9 heteroatoms. The van der Waals surface area contributed by atoms with Crippen LogP contribution in [0.5, 0.6) is 11.5 Å². The molecule has 3 aromatic rings. The summed E-state index contributed by atoms with van der Waals surface area (Å²) in [4.78, 5) is 13.5. The van der Waals surface area contributed by atoms with Gasteiger partial charge < -0.3 is 14.8 Å². The minimum absolute atomic E-state index is 0.0794. The standard InChI is InChI=1S/C23H20ClNO5S2/c1-3-10-30-18-9-4-14(11-19(18)29-2)17-12-21(26)25-22-20(13-31-23(17)22)32(27,28)16-7-5-15(24)6-8-16/h3-9,11,13,17H,1,10,12H2,2H3,(H,25,26)/t17-/m1/s1. The van der Waals surface area contributed by atoms with Crippen LogP contribution in [0.3, 0.4) is 0 Å². The van der Waals surface area contributed by atoms with E-state index >= 15 is 0 Å². The highest BCUT2D eigenvalue weighted by molar-refractivity contribution is 7.91. The Morgan fingerprint density at radius 3 is 2.66 bits per heavy atom. The first-order valence-electron chi connectivity index (χ1n) is 9.68. The van der Waals surface area contributed by atoms with Crippen LogP contribution >= 0.6 is 22.9 Å². The Hall–Kier alpha value is -2.81. The second kappa shape index (κ2) is 8.97. The van der Waals surface area contributed by atoms with Crippen LogP contribution in [0, 0.1) is 0 Å². The monoisotopic (exact) mass is 489 g/mol. The maximum absolute atomic E-state index is 13.2. The number of amides is 1. The van der Waals surface area contributed by atoms with Crippen LogP contribution in [0.2, 0.25) is 5.02 Å². The van der Waals surface area contributed by atoms with Crippen molar-refractivity contribution in [3.8, 4) is 11.5 Å². The SMILES string of the molecule is C=CCOc1ccc([C@H]2CC(=O)Nc3c(S(=O)(=O)c4ccc(Cl)cc4)csc32)cc1OC. The molecule has 2 aromatic carbocycles. The van der Waals surface area contributed by atoms with E-state index in [1.165, 1.54) is 35.6 Å². The van der Waals surface area contributed by atoms with Crippen molar-refractivity contribution in [2.24, 2.45) is 0 Å². The highest BCUT2D eigenvalue weighted by Gasteiger charge is 2.34. The van der Waals surface area contributed by atoms with Gasteiger partial charge in [0.05, 0.1) is 17.7 Å². The van der Waals surface area contributed by atoms with Gasteiger partial charge in [0.1, 0.15) is 11.5 Å². The van der Waals surface area contributed by atoms with Crippen LogP contribution in [0.15, 0.2) is 70.3 Å². The summed E-state index contributed by atoms with van der Waals surface area (Å²) in [5.41, 5.74) is 1.17. The molecule has 0 bridgehead atoms. The molecule has 0 radical (unpaired) electrons. The number of ether oxygens (including phenoxy) is 2.